The van der Waals surface area contributed by atoms with Gasteiger partial charge in [0.2, 0.25) is 0 Å². The van der Waals surface area contributed by atoms with Crippen molar-refractivity contribution in [2.75, 3.05) is 6.61 Å². The second-order valence-corrected chi connectivity index (χ2v) is 4.17. The summed E-state index contributed by atoms with van der Waals surface area (Å²) >= 11 is 0. The first-order chi connectivity index (χ1) is 9.27. The number of pyridine rings is 1. The molecule has 0 aliphatic rings. The van der Waals surface area contributed by atoms with Gasteiger partial charge in [-0.15, -0.1) is 0 Å². The van der Waals surface area contributed by atoms with E-state index in [1.165, 1.54) is 11.8 Å². The molecule has 4 nitrogen and oxygen atoms in total. The van der Waals surface area contributed by atoms with Crippen molar-refractivity contribution < 1.29 is 9.53 Å². The van der Waals surface area contributed by atoms with Crippen molar-refractivity contribution in [2.24, 2.45) is 5.73 Å². The molecule has 0 bridgehead atoms. The van der Waals surface area contributed by atoms with Gasteiger partial charge in [0.05, 0.1) is 12.2 Å². The summed E-state index contributed by atoms with van der Waals surface area (Å²) in [5.74, 6) is -0.0262. The normalized spacial score (nSPS) is 10.1. The number of aromatic nitrogens is 1. The Morgan fingerprint density at radius 3 is 2.74 bits per heavy atom. The van der Waals surface area contributed by atoms with Gasteiger partial charge in [-0.25, -0.2) is 0 Å². The predicted octanol–water partition coefficient (Wildman–Crippen LogP) is 2.19. The van der Waals surface area contributed by atoms with E-state index in [1.54, 1.807) is 12.3 Å². The fourth-order valence-electron chi connectivity index (χ4n) is 1.80. The zero-order valence-corrected chi connectivity index (χ0v) is 10.6. The van der Waals surface area contributed by atoms with Gasteiger partial charge in [0.15, 0.2) is 0 Å². The minimum atomic E-state index is -0.522. The fourth-order valence-corrected chi connectivity index (χ4v) is 1.80. The van der Waals surface area contributed by atoms with Crippen LogP contribution in [0.4, 0.5) is 0 Å². The number of nitrogens with two attached hydrogens (primary N) is 1. The van der Waals surface area contributed by atoms with Crippen LogP contribution < -0.4 is 10.5 Å². The molecule has 1 aromatic heterocycles. The molecule has 1 heterocycles. The van der Waals surface area contributed by atoms with Gasteiger partial charge in [-0.1, -0.05) is 30.3 Å². The molecule has 19 heavy (non-hydrogen) atoms. The Bertz CT molecular complexity index is 541. The van der Waals surface area contributed by atoms with Crippen LogP contribution in [0.2, 0.25) is 0 Å². The van der Waals surface area contributed by atoms with Crippen molar-refractivity contribution >= 4 is 5.91 Å². The van der Waals surface area contributed by atoms with E-state index in [-0.39, 0.29) is 0 Å². The summed E-state index contributed by atoms with van der Waals surface area (Å²) in [6.07, 6.45) is 4.83. The lowest BCUT2D eigenvalue weighted by Gasteiger charge is -2.08. The standard InChI is InChI=1S/C15H16N2O2/c16-15(18)13-11-17-9-8-14(13)19-10-4-7-12-5-2-1-3-6-12/h1-3,5-6,8-9,11H,4,7,10H2,(H2,16,18). The molecular weight excluding hydrogens is 240 g/mol. The van der Waals surface area contributed by atoms with E-state index in [0.717, 1.165) is 12.8 Å². The first-order valence-electron chi connectivity index (χ1n) is 6.18. The summed E-state index contributed by atoms with van der Waals surface area (Å²) in [5, 5.41) is 0. The molecule has 2 aromatic rings. The summed E-state index contributed by atoms with van der Waals surface area (Å²) < 4.78 is 5.58. The number of carbonyl (C=O) groups excluding carboxylic acids is 1. The van der Waals surface area contributed by atoms with Gasteiger partial charge < -0.3 is 10.5 Å². The number of aryl methyl sites for hydroxylation is 1. The lowest BCUT2D eigenvalue weighted by atomic mass is 10.1. The molecule has 4 heteroatoms. The lowest BCUT2D eigenvalue weighted by molar-refractivity contribution is 0.0996. The fraction of sp³-hybridized carbons (Fsp3) is 0.200. The molecule has 98 valence electrons. The monoisotopic (exact) mass is 256 g/mol. The van der Waals surface area contributed by atoms with E-state index < -0.39 is 5.91 Å². The van der Waals surface area contributed by atoms with Crippen molar-refractivity contribution in [1.29, 1.82) is 0 Å². The quantitative estimate of drug-likeness (QED) is 0.806. The Morgan fingerprint density at radius 1 is 1.21 bits per heavy atom. The number of ether oxygens (including phenoxy) is 1. The van der Waals surface area contributed by atoms with E-state index in [4.69, 9.17) is 10.5 Å². The molecule has 0 aliphatic carbocycles. The second kappa shape index (κ2) is 6.54. The van der Waals surface area contributed by atoms with Gasteiger partial charge in [-0.05, 0) is 24.5 Å². The molecule has 0 radical (unpaired) electrons. The number of rotatable bonds is 6. The smallest absolute Gasteiger partial charge is 0.254 e. The molecular formula is C15H16N2O2. The Balaban J connectivity index is 1.85. The van der Waals surface area contributed by atoms with Gasteiger partial charge in [0, 0.05) is 12.4 Å². The van der Waals surface area contributed by atoms with Crippen LogP contribution in [0, 0.1) is 0 Å². The van der Waals surface area contributed by atoms with Crippen LogP contribution in [0.15, 0.2) is 48.8 Å². The maximum atomic E-state index is 11.2. The molecule has 2 rings (SSSR count). The van der Waals surface area contributed by atoms with Crippen LogP contribution in [0.1, 0.15) is 22.3 Å². The van der Waals surface area contributed by atoms with E-state index in [2.05, 4.69) is 17.1 Å². The lowest BCUT2D eigenvalue weighted by Crippen LogP contribution is -2.13. The Kier molecular flexibility index (Phi) is 4.50. The minimum absolute atomic E-state index is 0.321. The summed E-state index contributed by atoms with van der Waals surface area (Å²) in [4.78, 5) is 15.0. The van der Waals surface area contributed by atoms with E-state index in [9.17, 15) is 4.79 Å². The Hall–Kier alpha value is -2.36. The number of hydrogen-bond donors (Lipinski definition) is 1. The Labute approximate surface area is 112 Å². The summed E-state index contributed by atoms with van der Waals surface area (Å²) in [6, 6.07) is 11.9. The molecule has 0 saturated carbocycles. The summed E-state index contributed by atoms with van der Waals surface area (Å²) in [6.45, 7) is 0.541. The number of amides is 1. The number of nitrogens with zero attached hydrogens (tertiary/aromatic N) is 1. The maximum absolute atomic E-state index is 11.2. The average Bonchev–Trinajstić information content (AvgIpc) is 2.45. The van der Waals surface area contributed by atoms with Crippen molar-refractivity contribution in [3.05, 3.63) is 59.9 Å². The van der Waals surface area contributed by atoms with Crippen LogP contribution in [0.5, 0.6) is 5.75 Å². The molecule has 0 spiro atoms. The Morgan fingerprint density at radius 2 is 2.00 bits per heavy atom. The topological polar surface area (TPSA) is 65.2 Å². The highest BCUT2D eigenvalue weighted by atomic mass is 16.5. The van der Waals surface area contributed by atoms with Crippen LogP contribution >= 0.6 is 0 Å². The van der Waals surface area contributed by atoms with Crippen LogP contribution in [-0.2, 0) is 6.42 Å². The highest BCUT2D eigenvalue weighted by molar-refractivity contribution is 5.95. The number of carbonyl (C=O) groups is 1. The van der Waals surface area contributed by atoms with Crippen molar-refractivity contribution in [3.8, 4) is 5.75 Å². The van der Waals surface area contributed by atoms with Crippen LogP contribution in [-0.4, -0.2) is 17.5 Å². The first kappa shape index (κ1) is 13.1. The van der Waals surface area contributed by atoms with Crippen LogP contribution in [0.3, 0.4) is 0 Å². The molecule has 0 unspecified atom stereocenters. The molecule has 2 N–H and O–H groups in total. The predicted molar refractivity (Wildman–Crippen MR) is 73.0 cm³/mol. The first-order valence-corrected chi connectivity index (χ1v) is 6.18. The van der Waals surface area contributed by atoms with Crippen molar-refractivity contribution in [3.63, 3.8) is 0 Å². The van der Waals surface area contributed by atoms with E-state index >= 15 is 0 Å². The molecule has 0 aliphatic heterocycles. The third kappa shape index (κ3) is 3.81. The SMILES string of the molecule is NC(=O)c1cnccc1OCCCc1ccccc1. The third-order valence-electron chi connectivity index (χ3n) is 2.76. The summed E-state index contributed by atoms with van der Waals surface area (Å²) in [5.41, 5.74) is 6.85. The van der Waals surface area contributed by atoms with Crippen molar-refractivity contribution in [2.45, 2.75) is 12.8 Å². The zero-order chi connectivity index (χ0) is 13.5. The van der Waals surface area contributed by atoms with Gasteiger partial charge >= 0.3 is 0 Å². The highest BCUT2D eigenvalue weighted by Crippen LogP contribution is 2.16. The second-order valence-electron chi connectivity index (χ2n) is 4.17. The van der Waals surface area contributed by atoms with Crippen molar-refractivity contribution in [1.82, 2.24) is 4.98 Å². The molecule has 0 fully saturated rings. The molecule has 0 saturated heterocycles. The minimum Gasteiger partial charge on any atom is -0.493 e. The van der Waals surface area contributed by atoms with E-state index in [0.29, 0.717) is 17.9 Å². The average molecular weight is 256 g/mol. The highest BCUT2D eigenvalue weighted by Gasteiger charge is 2.08. The third-order valence-corrected chi connectivity index (χ3v) is 2.76. The maximum Gasteiger partial charge on any atom is 0.254 e. The number of benzene rings is 1. The van der Waals surface area contributed by atoms with E-state index in [1.807, 2.05) is 18.2 Å². The number of primary amides is 1. The molecule has 1 amide bonds. The van der Waals surface area contributed by atoms with Gasteiger partial charge in [0.1, 0.15) is 5.75 Å². The summed E-state index contributed by atoms with van der Waals surface area (Å²) in [7, 11) is 0. The van der Waals surface area contributed by atoms with Gasteiger partial charge in [-0.3, -0.25) is 9.78 Å². The van der Waals surface area contributed by atoms with Crippen LogP contribution in [0.25, 0.3) is 0 Å². The largest absolute Gasteiger partial charge is 0.493 e. The van der Waals surface area contributed by atoms with Gasteiger partial charge in [0.25, 0.3) is 5.91 Å². The number of hydrogen-bond acceptors (Lipinski definition) is 3. The van der Waals surface area contributed by atoms with Gasteiger partial charge in [-0.2, -0.15) is 0 Å². The zero-order valence-electron chi connectivity index (χ0n) is 10.6. The molecule has 1 aromatic carbocycles. The molecule has 0 atom stereocenters.